The highest BCUT2D eigenvalue weighted by molar-refractivity contribution is 5.04. The van der Waals surface area contributed by atoms with Gasteiger partial charge in [-0.3, -0.25) is 5.32 Å². The lowest BCUT2D eigenvalue weighted by Gasteiger charge is -2.26. The first-order valence-corrected chi connectivity index (χ1v) is 4.70. The Morgan fingerprint density at radius 3 is 2.23 bits per heavy atom. The maximum Gasteiger partial charge on any atom is 0.127 e. The lowest BCUT2D eigenvalue weighted by molar-refractivity contribution is 0.0466. The van der Waals surface area contributed by atoms with Gasteiger partial charge in [0.15, 0.2) is 0 Å². The molecule has 0 spiro atoms. The van der Waals surface area contributed by atoms with Crippen LogP contribution in [-0.4, -0.2) is 24.3 Å². The Bertz CT molecular complexity index is 184. The molecule has 76 valence electrons. The Balaban J connectivity index is 4.06. The van der Waals surface area contributed by atoms with Crippen molar-refractivity contribution in [2.75, 3.05) is 6.61 Å². The van der Waals surface area contributed by atoms with Gasteiger partial charge in [0.25, 0.3) is 0 Å². The molecule has 1 N–H and O–H groups in total. The van der Waals surface area contributed by atoms with Crippen LogP contribution in [0, 0.1) is 11.3 Å². The van der Waals surface area contributed by atoms with E-state index in [0.717, 1.165) is 0 Å². The molecule has 1 unspecified atom stereocenters. The predicted octanol–water partition coefficient (Wildman–Crippen LogP) is 1.69. The molecule has 0 aromatic heterocycles. The molecule has 3 nitrogen and oxygen atoms in total. The van der Waals surface area contributed by atoms with Crippen LogP contribution < -0.4 is 5.32 Å². The highest BCUT2D eigenvalue weighted by atomic mass is 16.5. The Hall–Kier alpha value is -0.590. The van der Waals surface area contributed by atoms with Gasteiger partial charge in [-0.25, -0.2) is 0 Å². The number of nitrogens with zero attached hydrogens (tertiary/aromatic N) is 1. The average Bonchev–Trinajstić information content (AvgIpc) is 2.00. The fourth-order valence-electron chi connectivity index (χ4n) is 1.08. The number of hydrogen-bond donors (Lipinski definition) is 1. The van der Waals surface area contributed by atoms with Gasteiger partial charge in [0.05, 0.1) is 18.8 Å². The van der Waals surface area contributed by atoms with Gasteiger partial charge in [0.1, 0.15) is 5.54 Å². The second-order valence-electron chi connectivity index (χ2n) is 4.10. The molecule has 0 aliphatic heterocycles. The van der Waals surface area contributed by atoms with Gasteiger partial charge < -0.3 is 4.74 Å². The topological polar surface area (TPSA) is 45.0 Å². The van der Waals surface area contributed by atoms with Crippen LogP contribution in [0.2, 0.25) is 0 Å². The zero-order valence-electron chi connectivity index (χ0n) is 9.22. The molecule has 0 amide bonds. The van der Waals surface area contributed by atoms with E-state index >= 15 is 0 Å². The first kappa shape index (κ1) is 12.4. The smallest absolute Gasteiger partial charge is 0.127 e. The monoisotopic (exact) mass is 184 g/mol. The summed E-state index contributed by atoms with van der Waals surface area (Å²) in [6, 6.07) is 2.52. The molecule has 0 heterocycles. The molecule has 3 heteroatoms. The van der Waals surface area contributed by atoms with E-state index in [0.29, 0.717) is 12.6 Å². The Kier molecular flexibility index (Phi) is 4.97. The van der Waals surface area contributed by atoms with Crippen LogP contribution in [0.5, 0.6) is 0 Å². The summed E-state index contributed by atoms with van der Waals surface area (Å²) < 4.78 is 5.41. The summed E-state index contributed by atoms with van der Waals surface area (Å²) in [5.41, 5.74) is -0.571. The Morgan fingerprint density at radius 1 is 1.38 bits per heavy atom. The predicted molar refractivity (Wildman–Crippen MR) is 53.4 cm³/mol. The number of hydrogen-bond acceptors (Lipinski definition) is 3. The van der Waals surface area contributed by atoms with Crippen molar-refractivity contribution < 1.29 is 4.74 Å². The van der Waals surface area contributed by atoms with Crippen molar-refractivity contribution in [3.8, 4) is 6.07 Å². The van der Waals surface area contributed by atoms with Crippen molar-refractivity contribution >= 4 is 0 Å². The zero-order chi connectivity index (χ0) is 10.5. The summed E-state index contributed by atoms with van der Waals surface area (Å²) in [4.78, 5) is 0. The molecule has 0 fully saturated rings. The van der Waals surface area contributed by atoms with E-state index in [9.17, 15) is 0 Å². The standard InChI is InChI=1S/C10H20N2O/c1-8(2)12-10(5,6-11)7-13-9(3)4/h8-9,12H,7H2,1-5H3. The lowest BCUT2D eigenvalue weighted by atomic mass is 10.1. The largest absolute Gasteiger partial charge is 0.376 e. The number of rotatable bonds is 5. The SMILES string of the molecule is CC(C)NC(C)(C#N)COC(C)C. The van der Waals surface area contributed by atoms with E-state index in [1.165, 1.54) is 0 Å². The molecule has 1 atom stereocenters. The fraction of sp³-hybridized carbons (Fsp3) is 0.900. The molecule has 0 radical (unpaired) electrons. The third-order valence-corrected chi connectivity index (χ3v) is 1.56. The third-order valence-electron chi connectivity index (χ3n) is 1.56. The fourth-order valence-corrected chi connectivity index (χ4v) is 1.08. The average molecular weight is 184 g/mol. The molecule has 0 rings (SSSR count). The van der Waals surface area contributed by atoms with Gasteiger partial charge in [0, 0.05) is 6.04 Å². The molecule has 13 heavy (non-hydrogen) atoms. The maximum atomic E-state index is 8.95. The van der Waals surface area contributed by atoms with Gasteiger partial charge in [-0.2, -0.15) is 5.26 Å². The van der Waals surface area contributed by atoms with Crippen LogP contribution in [0.15, 0.2) is 0 Å². The van der Waals surface area contributed by atoms with Crippen molar-refractivity contribution in [1.82, 2.24) is 5.32 Å². The number of nitriles is 1. The minimum absolute atomic E-state index is 0.168. The van der Waals surface area contributed by atoms with Crippen LogP contribution >= 0.6 is 0 Å². The first-order valence-electron chi connectivity index (χ1n) is 4.70. The normalized spacial score (nSPS) is 15.8. The Labute approximate surface area is 81.1 Å². The highest BCUT2D eigenvalue weighted by Gasteiger charge is 2.24. The Morgan fingerprint density at radius 2 is 1.92 bits per heavy atom. The van der Waals surface area contributed by atoms with Crippen molar-refractivity contribution in [1.29, 1.82) is 5.26 Å². The van der Waals surface area contributed by atoms with Crippen LogP contribution in [0.4, 0.5) is 0 Å². The van der Waals surface area contributed by atoms with Gasteiger partial charge in [-0.05, 0) is 34.6 Å². The first-order chi connectivity index (χ1) is 5.89. The molecule has 0 bridgehead atoms. The molecule has 0 aliphatic carbocycles. The van der Waals surface area contributed by atoms with E-state index in [1.54, 1.807) is 0 Å². The summed E-state index contributed by atoms with van der Waals surface area (Å²) in [5, 5.41) is 12.1. The molecular weight excluding hydrogens is 164 g/mol. The van der Waals surface area contributed by atoms with Crippen molar-refractivity contribution in [3.05, 3.63) is 0 Å². The van der Waals surface area contributed by atoms with E-state index in [1.807, 2.05) is 34.6 Å². The van der Waals surface area contributed by atoms with Gasteiger partial charge >= 0.3 is 0 Å². The summed E-state index contributed by atoms with van der Waals surface area (Å²) >= 11 is 0. The second kappa shape index (κ2) is 5.21. The summed E-state index contributed by atoms with van der Waals surface area (Å²) in [7, 11) is 0. The molecule has 0 saturated carbocycles. The van der Waals surface area contributed by atoms with Gasteiger partial charge in [-0.1, -0.05) is 0 Å². The minimum Gasteiger partial charge on any atom is -0.376 e. The van der Waals surface area contributed by atoms with E-state index in [2.05, 4.69) is 11.4 Å². The molecule has 0 aliphatic rings. The van der Waals surface area contributed by atoms with Gasteiger partial charge in [0.2, 0.25) is 0 Å². The van der Waals surface area contributed by atoms with Crippen LogP contribution in [0.1, 0.15) is 34.6 Å². The number of ether oxygens (including phenoxy) is 1. The lowest BCUT2D eigenvalue weighted by Crippen LogP contribution is -2.49. The summed E-state index contributed by atoms with van der Waals surface area (Å²) in [5.74, 6) is 0. The van der Waals surface area contributed by atoms with Crippen LogP contribution in [0.25, 0.3) is 0 Å². The highest BCUT2D eigenvalue weighted by Crippen LogP contribution is 2.06. The van der Waals surface area contributed by atoms with Gasteiger partial charge in [-0.15, -0.1) is 0 Å². The molecule has 0 aromatic rings. The van der Waals surface area contributed by atoms with E-state index in [4.69, 9.17) is 10.00 Å². The third kappa shape index (κ3) is 5.62. The van der Waals surface area contributed by atoms with E-state index in [-0.39, 0.29) is 6.10 Å². The van der Waals surface area contributed by atoms with Crippen molar-refractivity contribution in [3.63, 3.8) is 0 Å². The summed E-state index contributed by atoms with van der Waals surface area (Å²) in [6.45, 7) is 10.3. The second-order valence-corrected chi connectivity index (χ2v) is 4.10. The maximum absolute atomic E-state index is 8.95. The minimum atomic E-state index is -0.571. The molecule has 0 saturated heterocycles. The van der Waals surface area contributed by atoms with Crippen molar-refractivity contribution in [2.45, 2.75) is 52.3 Å². The quantitative estimate of drug-likeness (QED) is 0.707. The molecular formula is C10H20N2O. The van der Waals surface area contributed by atoms with E-state index < -0.39 is 5.54 Å². The molecule has 0 aromatic carbocycles. The summed E-state index contributed by atoms with van der Waals surface area (Å²) in [6.07, 6.45) is 0.168. The van der Waals surface area contributed by atoms with Crippen LogP contribution in [-0.2, 0) is 4.74 Å². The zero-order valence-corrected chi connectivity index (χ0v) is 9.22. The number of nitrogens with one attached hydrogen (secondary N) is 1. The van der Waals surface area contributed by atoms with Crippen molar-refractivity contribution in [2.24, 2.45) is 0 Å². The van der Waals surface area contributed by atoms with Crippen LogP contribution in [0.3, 0.4) is 0 Å².